The van der Waals surface area contributed by atoms with Gasteiger partial charge in [0.15, 0.2) is 30.0 Å². The molecule has 3 N–H and O–H groups in total. The van der Waals surface area contributed by atoms with Gasteiger partial charge in [0.1, 0.15) is 48.3 Å². The number of amides is 1. The SMILES string of the molecule is COc1cc(OC)c([C@]2(C(=O)O)C[C@H](OC(C)=O)[C@@H](NC(C)=O)C([C@H](O)[C@@H](COC(C)=O)OC(C)=O)O2)cc1Cc1ccc(OC)c([C@H]2O[C@@H](C)[C@@H](OC(C)=O)[C@@H](OC(C)=O)[C@@H]2OC(C)=O)c1. The summed E-state index contributed by atoms with van der Waals surface area (Å²) in [5, 5.41) is 25.7. The molecule has 2 heterocycles. The van der Waals surface area contributed by atoms with Crippen LogP contribution in [0.15, 0.2) is 30.3 Å². The number of carboxylic acid groups (broad SMARTS) is 1. The molecule has 0 saturated carbocycles. The number of aliphatic carboxylic acids is 1. The summed E-state index contributed by atoms with van der Waals surface area (Å²) < 4.78 is 62.7. The fourth-order valence-corrected chi connectivity index (χ4v) is 8.27. The van der Waals surface area contributed by atoms with Gasteiger partial charge in [-0.3, -0.25) is 33.6 Å². The summed E-state index contributed by atoms with van der Waals surface area (Å²) in [6.07, 6.45) is -13.8. The predicted octanol–water partition coefficient (Wildman–Crippen LogP) is 1.92. The third-order valence-electron chi connectivity index (χ3n) is 10.8. The van der Waals surface area contributed by atoms with Crippen LogP contribution in [0.1, 0.15) is 90.2 Å². The number of ether oxygens (including phenoxy) is 11. The number of aliphatic hydroxyl groups excluding tert-OH is 1. The number of hydrogen-bond acceptors (Lipinski definition) is 20. The Labute approximate surface area is 385 Å². The molecule has 2 fully saturated rings. The highest BCUT2D eigenvalue weighted by atomic mass is 16.7. The van der Waals surface area contributed by atoms with E-state index >= 15 is 0 Å². The quantitative estimate of drug-likeness (QED) is 0.142. The number of carbonyl (C=O) groups is 8. The Hall–Kier alpha value is -6.52. The van der Waals surface area contributed by atoms with Crippen LogP contribution in [0.3, 0.4) is 0 Å². The second-order valence-corrected chi connectivity index (χ2v) is 15.8. The van der Waals surface area contributed by atoms with Crippen LogP contribution < -0.4 is 19.5 Å². The molecule has 1 unspecified atom stereocenters. The van der Waals surface area contributed by atoms with E-state index in [0.717, 1.165) is 48.5 Å². The Morgan fingerprint density at radius 1 is 0.731 bits per heavy atom. The van der Waals surface area contributed by atoms with Crippen molar-refractivity contribution in [3.05, 3.63) is 52.6 Å². The molecule has 2 aromatic rings. The highest BCUT2D eigenvalue weighted by Crippen LogP contribution is 2.47. The zero-order valence-electron chi connectivity index (χ0n) is 38.9. The number of nitrogens with one attached hydrogen (secondary N) is 1. The number of aliphatic hydroxyl groups is 1. The van der Waals surface area contributed by atoms with Gasteiger partial charge < -0.3 is 67.6 Å². The van der Waals surface area contributed by atoms with Crippen LogP contribution in [0, 0.1) is 0 Å². The molecule has 4 rings (SSSR count). The molecule has 67 heavy (non-hydrogen) atoms. The van der Waals surface area contributed by atoms with Gasteiger partial charge in [-0.2, -0.15) is 0 Å². The molecule has 22 nitrogen and oxygen atoms in total. The minimum atomic E-state index is -2.58. The summed E-state index contributed by atoms with van der Waals surface area (Å²) in [7, 11) is 3.99. The summed E-state index contributed by atoms with van der Waals surface area (Å²) in [5.41, 5.74) is -1.61. The normalized spacial score (nSPS) is 25.4. The van der Waals surface area contributed by atoms with Crippen LogP contribution in [0.25, 0.3) is 0 Å². The fourth-order valence-electron chi connectivity index (χ4n) is 8.27. The minimum Gasteiger partial charge on any atom is -0.496 e. The molecule has 22 heteroatoms. The molecule has 368 valence electrons. The van der Waals surface area contributed by atoms with Crippen molar-refractivity contribution in [3.63, 3.8) is 0 Å². The summed E-state index contributed by atoms with van der Waals surface area (Å²) in [4.78, 5) is 100. The van der Waals surface area contributed by atoms with E-state index in [0.29, 0.717) is 16.7 Å². The highest BCUT2D eigenvalue weighted by Gasteiger charge is 2.59. The van der Waals surface area contributed by atoms with E-state index in [2.05, 4.69) is 5.32 Å². The summed E-state index contributed by atoms with van der Waals surface area (Å²) in [6, 6.07) is 6.25. The van der Waals surface area contributed by atoms with Gasteiger partial charge >= 0.3 is 41.8 Å². The average molecular weight is 948 g/mol. The molecule has 2 aliphatic heterocycles. The number of methoxy groups -OCH3 is 3. The number of rotatable bonds is 18. The molecule has 2 aromatic carbocycles. The van der Waals surface area contributed by atoms with Crippen LogP contribution >= 0.6 is 0 Å². The predicted molar refractivity (Wildman–Crippen MR) is 225 cm³/mol. The maximum Gasteiger partial charge on any atom is 0.340 e. The van der Waals surface area contributed by atoms with Gasteiger partial charge in [0.05, 0.1) is 33.5 Å². The molecule has 0 radical (unpaired) electrons. The van der Waals surface area contributed by atoms with Crippen molar-refractivity contribution in [2.24, 2.45) is 0 Å². The van der Waals surface area contributed by atoms with Gasteiger partial charge in [-0.05, 0) is 36.2 Å². The number of carboxylic acids is 1. The van der Waals surface area contributed by atoms with Gasteiger partial charge in [0.2, 0.25) is 5.91 Å². The lowest BCUT2D eigenvalue weighted by Gasteiger charge is -2.48. The van der Waals surface area contributed by atoms with E-state index in [9.17, 15) is 48.6 Å². The number of esters is 6. The Morgan fingerprint density at radius 3 is 1.84 bits per heavy atom. The van der Waals surface area contributed by atoms with Crippen LogP contribution in [0.5, 0.6) is 17.2 Å². The van der Waals surface area contributed by atoms with Crippen LogP contribution in [0.2, 0.25) is 0 Å². The van der Waals surface area contributed by atoms with Crippen molar-refractivity contribution in [3.8, 4) is 17.2 Å². The summed E-state index contributed by atoms with van der Waals surface area (Å²) in [6.45, 7) is 8.55. The number of hydrogen-bond donors (Lipinski definition) is 3. The van der Waals surface area contributed by atoms with Crippen molar-refractivity contribution in [2.75, 3.05) is 27.9 Å². The maximum atomic E-state index is 13.9. The Kier molecular flexibility index (Phi) is 18.1. The van der Waals surface area contributed by atoms with Crippen molar-refractivity contribution in [2.45, 2.75) is 135 Å². The van der Waals surface area contributed by atoms with E-state index in [4.69, 9.17) is 52.1 Å². The minimum absolute atomic E-state index is 0.0400. The fraction of sp³-hybridized carbons (Fsp3) is 0.556. The van der Waals surface area contributed by atoms with Gasteiger partial charge in [0.25, 0.3) is 0 Å². The number of carbonyl (C=O) groups excluding carboxylic acids is 7. The monoisotopic (exact) mass is 947 g/mol. The molecular formula is C45H57NO21. The van der Waals surface area contributed by atoms with Gasteiger partial charge in [0, 0.05) is 78.5 Å². The van der Waals surface area contributed by atoms with Crippen LogP contribution in [-0.4, -0.2) is 141 Å². The maximum absolute atomic E-state index is 13.9. The van der Waals surface area contributed by atoms with Crippen molar-refractivity contribution in [1.82, 2.24) is 5.32 Å². The Morgan fingerprint density at radius 2 is 1.31 bits per heavy atom. The molecule has 0 aliphatic carbocycles. The van der Waals surface area contributed by atoms with Crippen LogP contribution in [0.4, 0.5) is 0 Å². The largest absolute Gasteiger partial charge is 0.496 e. The van der Waals surface area contributed by atoms with Crippen molar-refractivity contribution < 1.29 is 101 Å². The topological polar surface area (TPSA) is 291 Å². The smallest absolute Gasteiger partial charge is 0.340 e. The molecular weight excluding hydrogens is 890 g/mol. The lowest BCUT2D eigenvalue weighted by molar-refractivity contribution is -0.245. The first-order valence-electron chi connectivity index (χ1n) is 20.9. The number of benzene rings is 2. The molecule has 1 amide bonds. The summed E-state index contributed by atoms with van der Waals surface area (Å²) >= 11 is 0. The van der Waals surface area contributed by atoms with Crippen LogP contribution in [-0.2, 0) is 88.3 Å². The zero-order valence-corrected chi connectivity index (χ0v) is 38.9. The molecule has 0 spiro atoms. The molecule has 2 aliphatic rings. The first kappa shape index (κ1) is 53.1. The second-order valence-electron chi connectivity index (χ2n) is 15.8. The van der Waals surface area contributed by atoms with Crippen molar-refractivity contribution in [1.29, 1.82) is 0 Å². The summed E-state index contributed by atoms with van der Waals surface area (Å²) in [5.74, 6) is -6.88. The average Bonchev–Trinajstić information content (AvgIpc) is 3.23. The van der Waals surface area contributed by atoms with E-state index in [1.165, 1.54) is 33.5 Å². The Balaban J connectivity index is 1.94. The van der Waals surface area contributed by atoms with Gasteiger partial charge in [-0.25, -0.2) is 4.79 Å². The van der Waals surface area contributed by atoms with Gasteiger partial charge in [-0.15, -0.1) is 0 Å². The third-order valence-corrected chi connectivity index (χ3v) is 10.8. The second kappa shape index (κ2) is 22.8. The van der Waals surface area contributed by atoms with E-state index in [1.54, 1.807) is 25.1 Å². The van der Waals surface area contributed by atoms with E-state index in [1.807, 2.05) is 0 Å². The molecule has 2 saturated heterocycles. The molecule has 11 atom stereocenters. The first-order valence-corrected chi connectivity index (χ1v) is 20.9. The molecule has 0 bridgehead atoms. The van der Waals surface area contributed by atoms with E-state index in [-0.39, 0.29) is 29.2 Å². The first-order chi connectivity index (χ1) is 31.5. The lowest BCUT2D eigenvalue weighted by Crippen LogP contribution is -2.67. The van der Waals surface area contributed by atoms with Crippen molar-refractivity contribution >= 4 is 47.7 Å². The van der Waals surface area contributed by atoms with E-state index < -0.39 is 127 Å². The standard InChI is InChI=1S/C45H57NO21/c1-20-39(64-25(6)51)42(65-26(7)52)43(66-27(8)53)40(61-20)30-15-28(12-13-32(30)57-9)14-29-16-31(34(59-11)17-33(29)58-10)45(44(55)56)18-35(62-23(4)49)37(46-21(2)47)41(67-45)38(54)36(63-24(5)50)19-60-22(3)48/h12-13,15-17,20,35-43,54H,14,18-19H2,1-11H3,(H,46,47)(H,55,56)/t20-,35-,36+,37+,38+,39+,40+,41?,42+,43+,45-/m0/s1. The molecule has 0 aromatic heterocycles. The lowest BCUT2D eigenvalue weighted by atomic mass is 9.78. The van der Waals surface area contributed by atoms with Gasteiger partial charge in [-0.1, -0.05) is 6.07 Å². The zero-order chi connectivity index (χ0) is 50.1. The third kappa shape index (κ3) is 12.9. The Bertz CT molecular complexity index is 2190. The highest BCUT2D eigenvalue weighted by molar-refractivity contribution is 5.82.